The summed E-state index contributed by atoms with van der Waals surface area (Å²) >= 11 is 0. The fraction of sp³-hybridized carbons (Fsp3) is 1.00. The first-order valence-corrected chi connectivity index (χ1v) is 3.43. The third kappa shape index (κ3) is 1.69. The van der Waals surface area contributed by atoms with Crippen LogP contribution in [0.3, 0.4) is 0 Å². The molecule has 1 rings (SSSR count). The van der Waals surface area contributed by atoms with Gasteiger partial charge in [0.15, 0.2) is 6.29 Å². The summed E-state index contributed by atoms with van der Waals surface area (Å²) < 4.78 is 9.70. The van der Waals surface area contributed by atoms with Crippen molar-refractivity contribution in [3.05, 3.63) is 0 Å². The van der Waals surface area contributed by atoms with Crippen LogP contribution >= 0.6 is 0 Å². The highest BCUT2D eigenvalue weighted by atomic mass is 16.7. The Morgan fingerprint density at radius 3 is 2.64 bits per heavy atom. The number of methoxy groups -OCH3 is 1. The first-order valence-electron chi connectivity index (χ1n) is 3.43. The summed E-state index contributed by atoms with van der Waals surface area (Å²) in [5, 5.41) is 18.4. The van der Waals surface area contributed by atoms with Crippen LogP contribution in [0.15, 0.2) is 0 Å². The second kappa shape index (κ2) is 3.46. The van der Waals surface area contributed by atoms with Crippen LogP contribution in [-0.2, 0) is 9.47 Å². The van der Waals surface area contributed by atoms with Crippen molar-refractivity contribution < 1.29 is 19.7 Å². The van der Waals surface area contributed by atoms with E-state index in [1.54, 1.807) is 0 Å². The summed E-state index contributed by atoms with van der Waals surface area (Å²) in [7, 11) is 1.40. The zero-order valence-electron chi connectivity index (χ0n) is 6.30. The lowest BCUT2D eigenvalue weighted by Crippen LogP contribution is -2.56. The van der Waals surface area contributed by atoms with E-state index in [0.717, 1.165) is 0 Å². The summed E-state index contributed by atoms with van der Waals surface area (Å²) in [6.45, 7) is 0.205. The molecule has 0 amide bonds. The Hall–Kier alpha value is -0.200. The number of nitrogens with two attached hydrogens (primary N) is 1. The molecule has 0 aromatic heterocycles. The minimum Gasteiger partial charge on any atom is -0.388 e. The minimum absolute atomic E-state index is 0.205. The number of aliphatic hydroxyl groups is 2. The van der Waals surface area contributed by atoms with Crippen molar-refractivity contribution in [2.75, 3.05) is 13.7 Å². The van der Waals surface area contributed by atoms with Crippen molar-refractivity contribution in [1.82, 2.24) is 0 Å². The fourth-order valence-corrected chi connectivity index (χ4v) is 1.02. The Balaban J connectivity index is 2.52. The number of aliphatic hydroxyl groups excluding tert-OH is 2. The molecule has 0 aliphatic carbocycles. The maximum absolute atomic E-state index is 9.23. The maximum Gasteiger partial charge on any atom is 0.185 e. The summed E-state index contributed by atoms with van der Waals surface area (Å²) in [5.74, 6) is 0. The van der Waals surface area contributed by atoms with E-state index in [2.05, 4.69) is 0 Å². The molecular formula is C6H13NO4. The zero-order chi connectivity index (χ0) is 8.43. The molecule has 5 heteroatoms. The first kappa shape index (κ1) is 8.89. The van der Waals surface area contributed by atoms with Gasteiger partial charge in [0.05, 0.1) is 12.6 Å². The van der Waals surface area contributed by atoms with E-state index < -0.39 is 24.5 Å². The number of hydrogen-bond donors (Lipinski definition) is 3. The topological polar surface area (TPSA) is 84.9 Å². The molecule has 0 aromatic rings. The molecule has 11 heavy (non-hydrogen) atoms. The Labute approximate surface area is 64.7 Å². The molecule has 1 saturated heterocycles. The second-order valence-corrected chi connectivity index (χ2v) is 2.58. The lowest BCUT2D eigenvalue weighted by Gasteiger charge is -2.34. The van der Waals surface area contributed by atoms with E-state index in [4.69, 9.17) is 15.2 Å². The third-order valence-electron chi connectivity index (χ3n) is 1.75. The summed E-state index contributed by atoms with van der Waals surface area (Å²) in [4.78, 5) is 0. The van der Waals surface area contributed by atoms with Crippen LogP contribution in [0.1, 0.15) is 0 Å². The predicted molar refractivity (Wildman–Crippen MR) is 36.7 cm³/mol. The van der Waals surface area contributed by atoms with Crippen molar-refractivity contribution in [3.63, 3.8) is 0 Å². The highest BCUT2D eigenvalue weighted by molar-refractivity contribution is 4.84. The lowest BCUT2D eigenvalue weighted by atomic mass is 10.0. The van der Waals surface area contributed by atoms with E-state index in [1.807, 2.05) is 0 Å². The van der Waals surface area contributed by atoms with Crippen molar-refractivity contribution in [1.29, 1.82) is 0 Å². The monoisotopic (exact) mass is 163 g/mol. The molecule has 5 nitrogen and oxygen atoms in total. The first-order chi connectivity index (χ1) is 5.16. The zero-order valence-corrected chi connectivity index (χ0v) is 6.30. The van der Waals surface area contributed by atoms with E-state index in [0.29, 0.717) is 0 Å². The molecule has 0 aromatic carbocycles. The van der Waals surface area contributed by atoms with Crippen LogP contribution in [-0.4, -0.2) is 48.5 Å². The summed E-state index contributed by atoms with van der Waals surface area (Å²) in [6, 6.07) is -0.531. The van der Waals surface area contributed by atoms with Crippen molar-refractivity contribution >= 4 is 0 Å². The SMILES string of the molecule is CO[C@H]1OC[C@@H](N)[C@H](O)[C@@H]1O. The fourth-order valence-electron chi connectivity index (χ4n) is 1.02. The Morgan fingerprint density at radius 2 is 2.09 bits per heavy atom. The molecule has 1 aliphatic rings. The predicted octanol–water partition coefficient (Wildman–Crippen LogP) is -1.96. The lowest BCUT2D eigenvalue weighted by molar-refractivity contribution is -0.237. The highest BCUT2D eigenvalue weighted by Crippen LogP contribution is 2.14. The quantitative estimate of drug-likeness (QED) is 0.418. The van der Waals surface area contributed by atoms with Gasteiger partial charge in [-0.1, -0.05) is 0 Å². The largest absolute Gasteiger partial charge is 0.388 e. The van der Waals surface area contributed by atoms with Crippen molar-refractivity contribution in [3.8, 4) is 0 Å². The van der Waals surface area contributed by atoms with E-state index in [-0.39, 0.29) is 6.61 Å². The molecule has 0 bridgehead atoms. The number of hydrogen-bond acceptors (Lipinski definition) is 5. The van der Waals surface area contributed by atoms with E-state index in [1.165, 1.54) is 7.11 Å². The van der Waals surface area contributed by atoms with Crippen LogP contribution in [0.2, 0.25) is 0 Å². The van der Waals surface area contributed by atoms with Gasteiger partial charge < -0.3 is 25.4 Å². The molecule has 0 radical (unpaired) electrons. The molecule has 4 N–H and O–H groups in total. The molecule has 1 fully saturated rings. The van der Waals surface area contributed by atoms with Gasteiger partial charge in [0.25, 0.3) is 0 Å². The highest BCUT2D eigenvalue weighted by Gasteiger charge is 2.36. The van der Waals surface area contributed by atoms with E-state index >= 15 is 0 Å². The normalized spacial score (nSPS) is 45.8. The maximum atomic E-state index is 9.23. The van der Waals surface area contributed by atoms with Gasteiger partial charge >= 0.3 is 0 Å². The minimum atomic E-state index is -1.05. The van der Waals surface area contributed by atoms with Gasteiger partial charge in [-0.3, -0.25) is 0 Å². The Bertz CT molecular complexity index is 130. The Morgan fingerprint density at radius 1 is 1.45 bits per heavy atom. The number of ether oxygens (including phenoxy) is 2. The Kier molecular flexibility index (Phi) is 2.80. The van der Waals surface area contributed by atoms with Crippen LogP contribution in [0.5, 0.6) is 0 Å². The van der Waals surface area contributed by atoms with Crippen LogP contribution in [0.4, 0.5) is 0 Å². The van der Waals surface area contributed by atoms with Gasteiger partial charge in [-0.25, -0.2) is 0 Å². The summed E-state index contributed by atoms with van der Waals surface area (Å²) in [5.41, 5.74) is 5.40. The average Bonchev–Trinajstić information content (AvgIpc) is 2.01. The van der Waals surface area contributed by atoms with Crippen LogP contribution < -0.4 is 5.73 Å². The molecule has 4 atom stereocenters. The van der Waals surface area contributed by atoms with Crippen molar-refractivity contribution in [2.45, 2.75) is 24.5 Å². The van der Waals surface area contributed by atoms with Gasteiger partial charge in [-0.15, -0.1) is 0 Å². The molecular weight excluding hydrogens is 150 g/mol. The molecule has 0 saturated carbocycles. The molecule has 1 heterocycles. The van der Waals surface area contributed by atoms with E-state index in [9.17, 15) is 10.2 Å². The summed E-state index contributed by atoms with van der Waals surface area (Å²) in [6.07, 6.45) is -2.78. The molecule has 0 spiro atoms. The van der Waals surface area contributed by atoms with Crippen molar-refractivity contribution in [2.24, 2.45) is 5.73 Å². The molecule has 0 unspecified atom stereocenters. The van der Waals surface area contributed by atoms with Crippen LogP contribution in [0, 0.1) is 0 Å². The average molecular weight is 163 g/mol. The smallest absolute Gasteiger partial charge is 0.185 e. The molecule has 66 valence electrons. The second-order valence-electron chi connectivity index (χ2n) is 2.58. The molecule has 1 aliphatic heterocycles. The number of rotatable bonds is 1. The van der Waals surface area contributed by atoms with Crippen LogP contribution in [0.25, 0.3) is 0 Å². The van der Waals surface area contributed by atoms with Gasteiger partial charge in [-0.2, -0.15) is 0 Å². The van der Waals surface area contributed by atoms with Gasteiger partial charge in [-0.05, 0) is 0 Å². The standard InChI is InChI=1S/C6H13NO4/c1-10-6-5(9)4(8)3(7)2-11-6/h3-6,8-9H,2,7H2,1H3/t3-,4+,5+,6+/m1/s1. The third-order valence-corrected chi connectivity index (χ3v) is 1.75. The van der Waals surface area contributed by atoms with Gasteiger partial charge in [0.1, 0.15) is 12.2 Å². The van der Waals surface area contributed by atoms with Gasteiger partial charge in [0.2, 0.25) is 0 Å². The van der Waals surface area contributed by atoms with Gasteiger partial charge in [0, 0.05) is 7.11 Å².